The summed E-state index contributed by atoms with van der Waals surface area (Å²) >= 11 is 0. The predicted molar refractivity (Wildman–Crippen MR) is 72.6 cm³/mol. The molecule has 0 aromatic heterocycles. The van der Waals surface area contributed by atoms with E-state index in [1.165, 1.54) is 0 Å². The molecule has 0 heterocycles. The van der Waals surface area contributed by atoms with Gasteiger partial charge in [0.1, 0.15) is 0 Å². The van der Waals surface area contributed by atoms with Crippen LogP contribution in [0.4, 0.5) is 0 Å². The fourth-order valence-corrected chi connectivity index (χ4v) is 2.10. The van der Waals surface area contributed by atoms with Crippen molar-refractivity contribution in [1.29, 1.82) is 0 Å². The summed E-state index contributed by atoms with van der Waals surface area (Å²) in [6, 6.07) is 0. The lowest BCUT2D eigenvalue weighted by Crippen LogP contribution is -2.41. The molecule has 0 bridgehead atoms. The Kier molecular flexibility index (Phi) is 7.20. The number of nitrogens with two attached hydrogens (primary N) is 1. The highest BCUT2D eigenvalue weighted by molar-refractivity contribution is 4.76. The summed E-state index contributed by atoms with van der Waals surface area (Å²) in [5.41, 5.74) is 6.08. The molecule has 98 valence electrons. The first-order chi connectivity index (χ1) is 7.28. The second-order valence-electron chi connectivity index (χ2n) is 6.27. The van der Waals surface area contributed by atoms with E-state index >= 15 is 0 Å². The van der Waals surface area contributed by atoms with Gasteiger partial charge >= 0.3 is 0 Å². The quantitative estimate of drug-likeness (QED) is 0.661. The predicted octanol–water partition coefficient (Wildman–Crippen LogP) is 1.39. The van der Waals surface area contributed by atoms with Crippen LogP contribution in [0.25, 0.3) is 0 Å². The number of rotatable bonds is 8. The molecule has 3 nitrogen and oxygen atoms in total. The fourth-order valence-electron chi connectivity index (χ4n) is 2.10. The average Bonchev–Trinajstić information content (AvgIpc) is 2.09. The Hall–Kier alpha value is -0.120. The molecule has 0 saturated carbocycles. The van der Waals surface area contributed by atoms with Crippen LogP contribution in [-0.2, 0) is 0 Å². The molecule has 0 aliphatic carbocycles. The van der Waals surface area contributed by atoms with Gasteiger partial charge in [0.15, 0.2) is 0 Å². The largest absolute Gasteiger partial charge is 0.330 e. The molecule has 0 fully saturated rings. The lowest BCUT2D eigenvalue weighted by atomic mass is 9.91. The van der Waals surface area contributed by atoms with E-state index in [4.69, 9.17) is 5.73 Å². The lowest BCUT2D eigenvalue weighted by molar-refractivity contribution is 0.225. The average molecular weight is 229 g/mol. The Morgan fingerprint density at radius 1 is 1.25 bits per heavy atom. The van der Waals surface area contributed by atoms with E-state index in [1.807, 2.05) is 0 Å². The van der Waals surface area contributed by atoms with Crippen LogP contribution in [0.5, 0.6) is 0 Å². The van der Waals surface area contributed by atoms with Gasteiger partial charge in [-0.2, -0.15) is 0 Å². The molecule has 16 heavy (non-hydrogen) atoms. The third-order valence-corrected chi connectivity index (χ3v) is 3.00. The van der Waals surface area contributed by atoms with Crippen LogP contribution in [0, 0.1) is 17.3 Å². The number of nitrogens with one attached hydrogen (secondary N) is 1. The minimum Gasteiger partial charge on any atom is -0.330 e. The SMILES string of the molecule is CC(C)C(CN)CNCC(C)(C)CN(C)C. The topological polar surface area (TPSA) is 41.3 Å². The highest BCUT2D eigenvalue weighted by Crippen LogP contribution is 2.15. The van der Waals surface area contributed by atoms with Gasteiger partial charge in [-0.1, -0.05) is 27.7 Å². The first-order valence-corrected chi connectivity index (χ1v) is 6.34. The van der Waals surface area contributed by atoms with Gasteiger partial charge in [0.2, 0.25) is 0 Å². The molecule has 0 saturated heterocycles. The van der Waals surface area contributed by atoms with Crippen molar-refractivity contribution in [2.45, 2.75) is 27.7 Å². The molecule has 0 aromatic carbocycles. The van der Waals surface area contributed by atoms with Gasteiger partial charge in [-0.3, -0.25) is 0 Å². The lowest BCUT2D eigenvalue weighted by Gasteiger charge is -2.30. The molecule has 0 aromatic rings. The van der Waals surface area contributed by atoms with Crippen LogP contribution in [0.3, 0.4) is 0 Å². The van der Waals surface area contributed by atoms with E-state index in [0.717, 1.165) is 26.2 Å². The van der Waals surface area contributed by atoms with Gasteiger partial charge in [0.25, 0.3) is 0 Å². The molecule has 3 heteroatoms. The Labute approximate surface area is 102 Å². The zero-order valence-corrected chi connectivity index (χ0v) is 12.0. The molecule has 3 N–H and O–H groups in total. The van der Waals surface area contributed by atoms with Crippen molar-refractivity contribution in [3.05, 3.63) is 0 Å². The Morgan fingerprint density at radius 3 is 2.19 bits per heavy atom. The summed E-state index contributed by atoms with van der Waals surface area (Å²) in [6.07, 6.45) is 0. The van der Waals surface area contributed by atoms with Crippen molar-refractivity contribution in [3.63, 3.8) is 0 Å². The van der Waals surface area contributed by atoms with Gasteiger partial charge in [0, 0.05) is 13.1 Å². The molecular weight excluding hydrogens is 198 g/mol. The van der Waals surface area contributed by atoms with Crippen LogP contribution in [0.15, 0.2) is 0 Å². The summed E-state index contributed by atoms with van der Waals surface area (Å²) in [6.45, 7) is 13.0. The van der Waals surface area contributed by atoms with Gasteiger partial charge < -0.3 is 16.0 Å². The van der Waals surface area contributed by atoms with Crippen molar-refractivity contribution >= 4 is 0 Å². The highest BCUT2D eigenvalue weighted by atomic mass is 15.1. The van der Waals surface area contributed by atoms with E-state index in [2.05, 4.69) is 52.0 Å². The van der Waals surface area contributed by atoms with Crippen molar-refractivity contribution < 1.29 is 0 Å². The molecule has 1 unspecified atom stereocenters. The summed E-state index contributed by atoms with van der Waals surface area (Å²) in [5.74, 6) is 1.25. The van der Waals surface area contributed by atoms with Crippen LogP contribution >= 0.6 is 0 Å². The molecule has 0 spiro atoms. The van der Waals surface area contributed by atoms with Crippen LogP contribution in [-0.4, -0.2) is 45.2 Å². The normalized spacial score (nSPS) is 14.8. The maximum absolute atomic E-state index is 5.76. The first-order valence-electron chi connectivity index (χ1n) is 6.34. The van der Waals surface area contributed by atoms with Crippen molar-refractivity contribution in [1.82, 2.24) is 10.2 Å². The van der Waals surface area contributed by atoms with Gasteiger partial charge in [-0.15, -0.1) is 0 Å². The fraction of sp³-hybridized carbons (Fsp3) is 1.00. The highest BCUT2D eigenvalue weighted by Gasteiger charge is 2.19. The monoisotopic (exact) mass is 229 g/mol. The second kappa shape index (κ2) is 7.25. The van der Waals surface area contributed by atoms with Gasteiger partial charge in [-0.05, 0) is 44.4 Å². The third-order valence-electron chi connectivity index (χ3n) is 3.00. The molecule has 0 aliphatic rings. The zero-order valence-electron chi connectivity index (χ0n) is 12.0. The Balaban J connectivity index is 3.87. The third kappa shape index (κ3) is 7.20. The summed E-state index contributed by atoms with van der Waals surface area (Å²) in [7, 11) is 4.25. The van der Waals surface area contributed by atoms with Crippen molar-refractivity contribution in [2.75, 3.05) is 40.3 Å². The Bertz CT molecular complexity index is 176. The van der Waals surface area contributed by atoms with E-state index in [1.54, 1.807) is 0 Å². The number of hydrogen-bond donors (Lipinski definition) is 2. The summed E-state index contributed by atoms with van der Waals surface area (Å²) in [5, 5.41) is 3.56. The number of hydrogen-bond acceptors (Lipinski definition) is 3. The van der Waals surface area contributed by atoms with E-state index < -0.39 is 0 Å². The van der Waals surface area contributed by atoms with Crippen LogP contribution in [0.2, 0.25) is 0 Å². The molecule has 1 atom stereocenters. The van der Waals surface area contributed by atoms with Crippen LogP contribution in [0.1, 0.15) is 27.7 Å². The smallest absolute Gasteiger partial charge is 0.00387 e. The van der Waals surface area contributed by atoms with Crippen molar-refractivity contribution in [3.8, 4) is 0 Å². The molecular formula is C13H31N3. The first kappa shape index (κ1) is 15.9. The van der Waals surface area contributed by atoms with Crippen LogP contribution < -0.4 is 11.1 Å². The molecule has 0 rings (SSSR count). The molecule has 0 aliphatic heterocycles. The number of nitrogens with zero attached hydrogens (tertiary/aromatic N) is 1. The standard InChI is InChI=1S/C13H31N3/c1-11(2)12(7-14)8-15-9-13(3,4)10-16(5)6/h11-12,15H,7-10,14H2,1-6H3. The maximum atomic E-state index is 5.76. The maximum Gasteiger partial charge on any atom is 0.00387 e. The summed E-state index contributed by atoms with van der Waals surface area (Å²) < 4.78 is 0. The van der Waals surface area contributed by atoms with Crippen molar-refractivity contribution in [2.24, 2.45) is 23.0 Å². The van der Waals surface area contributed by atoms with Gasteiger partial charge in [-0.25, -0.2) is 0 Å². The van der Waals surface area contributed by atoms with E-state index in [0.29, 0.717) is 17.3 Å². The van der Waals surface area contributed by atoms with E-state index in [-0.39, 0.29) is 0 Å². The Morgan fingerprint density at radius 2 is 1.81 bits per heavy atom. The zero-order chi connectivity index (χ0) is 12.8. The minimum atomic E-state index is 0.319. The molecule has 0 amide bonds. The molecule has 0 radical (unpaired) electrons. The second-order valence-corrected chi connectivity index (χ2v) is 6.27. The minimum absolute atomic E-state index is 0.319. The summed E-state index contributed by atoms with van der Waals surface area (Å²) in [4.78, 5) is 2.24. The van der Waals surface area contributed by atoms with Gasteiger partial charge in [0.05, 0.1) is 0 Å². The van der Waals surface area contributed by atoms with E-state index in [9.17, 15) is 0 Å².